The molecule has 0 aliphatic carbocycles. The quantitative estimate of drug-likeness (QED) is 0.895. The van der Waals surface area contributed by atoms with Gasteiger partial charge in [-0.3, -0.25) is 9.59 Å². The minimum absolute atomic E-state index is 0.0260. The van der Waals surface area contributed by atoms with Gasteiger partial charge in [-0.1, -0.05) is 11.6 Å². The molecule has 8 heteroatoms. The van der Waals surface area contributed by atoms with Gasteiger partial charge in [-0.2, -0.15) is 0 Å². The van der Waals surface area contributed by atoms with Crippen LogP contribution in [0.5, 0.6) is 5.75 Å². The molecule has 0 atom stereocenters. The number of nitrogens with two attached hydrogens (primary N) is 1. The maximum atomic E-state index is 11.7. The fourth-order valence-electron chi connectivity index (χ4n) is 2.15. The van der Waals surface area contributed by atoms with Crippen LogP contribution in [0.1, 0.15) is 10.4 Å². The number of nitrogens with zero attached hydrogens (tertiary/aromatic N) is 2. The first-order valence-electron chi connectivity index (χ1n) is 6.71. The molecule has 1 aliphatic heterocycles. The Labute approximate surface area is 137 Å². The highest BCUT2D eigenvalue weighted by Crippen LogP contribution is 2.35. The Kier molecular flexibility index (Phi) is 3.79. The molecule has 1 aromatic carbocycles. The second-order valence-electron chi connectivity index (χ2n) is 4.97. The number of pyridine rings is 1. The number of carbonyl (C=O) groups excluding carboxylic acids is 2. The molecule has 0 fully saturated rings. The summed E-state index contributed by atoms with van der Waals surface area (Å²) in [5.74, 6) is 0.275. The molecule has 23 heavy (non-hydrogen) atoms. The van der Waals surface area contributed by atoms with E-state index in [0.29, 0.717) is 22.9 Å². The third kappa shape index (κ3) is 2.91. The first-order chi connectivity index (χ1) is 11.0. The van der Waals surface area contributed by atoms with Crippen LogP contribution < -0.4 is 20.7 Å². The number of rotatable bonds is 3. The first-order valence-corrected chi connectivity index (χ1v) is 7.09. The SMILES string of the molecule is CN1C(=O)COc2ccc(Nc3ncc(C(N)=O)cc3Cl)cc21. The summed E-state index contributed by atoms with van der Waals surface area (Å²) in [5, 5.41) is 3.30. The van der Waals surface area contributed by atoms with E-state index in [-0.39, 0.29) is 23.1 Å². The molecule has 3 N–H and O–H groups in total. The molecular weight excluding hydrogens is 320 g/mol. The Hall–Kier alpha value is -2.80. The van der Waals surface area contributed by atoms with E-state index in [1.54, 1.807) is 25.2 Å². The van der Waals surface area contributed by atoms with Gasteiger partial charge in [-0.15, -0.1) is 0 Å². The van der Waals surface area contributed by atoms with Gasteiger partial charge in [0.1, 0.15) is 11.6 Å². The van der Waals surface area contributed by atoms with E-state index in [9.17, 15) is 9.59 Å². The van der Waals surface area contributed by atoms with Gasteiger partial charge in [0.25, 0.3) is 5.91 Å². The van der Waals surface area contributed by atoms with E-state index < -0.39 is 5.91 Å². The number of halogens is 1. The van der Waals surface area contributed by atoms with Gasteiger partial charge >= 0.3 is 0 Å². The molecule has 0 bridgehead atoms. The van der Waals surface area contributed by atoms with Crippen LogP contribution in [0.25, 0.3) is 0 Å². The number of hydrogen-bond acceptors (Lipinski definition) is 5. The van der Waals surface area contributed by atoms with Crippen LogP contribution in [-0.4, -0.2) is 30.5 Å². The molecule has 7 nitrogen and oxygen atoms in total. The van der Waals surface area contributed by atoms with E-state index in [1.807, 2.05) is 0 Å². The van der Waals surface area contributed by atoms with Crippen molar-refractivity contribution in [1.82, 2.24) is 4.98 Å². The third-order valence-electron chi connectivity index (χ3n) is 3.43. The number of aromatic nitrogens is 1. The molecule has 2 aromatic rings. The zero-order valence-electron chi connectivity index (χ0n) is 12.2. The Balaban J connectivity index is 1.89. The van der Waals surface area contributed by atoms with Crippen molar-refractivity contribution in [3.8, 4) is 5.75 Å². The van der Waals surface area contributed by atoms with Crippen molar-refractivity contribution in [3.63, 3.8) is 0 Å². The number of amides is 2. The van der Waals surface area contributed by atoms with E-state index in [1.165, 1.54) is 17.2 Å². The summed E-state index contributed by atoms with van der Waals surface area (Å²) < 4.78 is 5.37. The van der Waals surface area contributed by atoms with Crippen LogP contribution in [0, 0.1) is 0 Å². The number of benzene rings is 1. The number of ether oxygens (including phenoxy) is 1. The van der Waals surface area contributed by atoms with Crippen LogP contribution in [0.4, 0.5) is 17.2 Å². The smallest absolute Gasteiger partial charge is 0.264 e. The first kappa shape index (κ1) is 15.1. The van der Waals surface area contributed by atoms with Crippen LogP contribution in [0.3, 0.4) is 0 Å². The summed E-state index contributed by atoms with van der Waals surface area (Å²) in [6, 6.07) is 6.73. The number of fused-ring (bicyclic) bond motifs is 1. The molecular formula is C15H13ClN4O3. The lowest BCUT2D eigenvalue weighted by molar-refractivity contribution is -0.120. The maximum Gasteiger partial charge on any atom is 0.264 e. The van der Waals surface area contributed by atoms with Crippen molar-refractivity contribution in [2.24, 2.45) is 5.73 Å². The Morgan fingerprint density at radius 1 is 1.43 bits per heavy atom. The molecule has 0 saturated heterocycles. The van der Waals surface area contributed by atoms with E-state index in [4.69, 9.17) is 22.1 Å². The van der Waals surface area contributed by atoms with Gasteiger partial charge in [-0.05, 0) is 24.3 Å². The van der Waals surface area contributed by atoms with Crippen molar-refractivity contribution in [1.29, 1.82) is 0 Å². The van der Waals surface area contributed by atoms with Gasteiger partial charge in [-0.25, -0.2) is 4.98 Å². The number of nitrogens with one attached hydrogen (secondary N) is 1. The fourth-order valence-corrected chi connectivity index (χ4v) is 2.36. The highest BCUT2D eigenvalue weighted by atomic mass is 35.5. The Bertz CT molecular complexity index is 809. The molecule has 0 spiro atoms. The molecule has 1 aromatic heterocycles. The largest absolute Gasteiger partial charge is 0.482 e. The average molecular weight is 333 g/mol. The molecule has 0 saturated carbocycles. The lowest BCUT2D eigenvalue weighted by Gasteiger charge is -2.26. The highest BCUT2D eigenvalue weighted by Gasteiger charge is 2.22. The molecule has 118 valence electrons. The molecule has 1 aliphatic rings. The molecule has 0 radical (unpaired) electrons. The molecule has 3 rings (SSSR count). The third-order valence-corrected chi connectivity index (χ3v) is 3.72. The zero-order valence-corrected chi connectivity index (χ0v) is 12.9. The fraction of sp³-hybridized carbons (Fsp3) is 0.133. The summed E-state index contributed by atoms with van der Waals surface area (Å²) in [4.78, 5) is 28.4. The predicted octanol–water partition coefficient (Wildman–Crippen LogP) is 1.93. The number of anilines is 3. The second kappa shape index (κ2) is 5.77. The topological polar surface area (TPSA) is 97.6 Å². The number of likely N-dealkylation sites (N-methyl/N-ethyl adjacent to an activating group) is 1. The zero-order chi connectivity index (χ0) is 16.6. The predicted molar refractivity (Wildman–Crippen MR) is 86.4 cm³/mol. The summed E-state index contributed by atoms with van der Waals surface area (Å²) >= 11 is 6.10. The van der Waals surface area contributed by atoms with Crippen LogP contribution in [0.15, 0.2) is 30.5 Å². The molecule has 2 amide bonds. The summed E-state index contributed by atoms with van der Waals surface area (Å²) in [6.45, 7) is 0.0260. The molecule has 2 heterocycles. The lowest BCUT2D eigenvalue weighted by Crippen LogP contribution is -2.35. The summed E-state index contributed by atoms with van der Waals surface area (Å²) in [6.07, 6.45) is 1.34. The Morgan fingerprint density at radius 2 is 2.22 bits per heavy atom. The minimum Gasteiger partial charge on any atom is -0.482 e. The van der Waals surface area contributed by atoms with Gasteiger partial charge in [0, 0.05) is 18.9 Å². The van der Waals surface area contributed by atoms with Gasteiger partial charge in [0.2, 0.25) is 5.91 Å². The minimum atomic E-state index is -0.600. The van der Waals surface area contributed by atoms with E-state index >= 15 is 0 Å². The number of hydrogen-bond donors (Lipinski definition) is 2. The van der Waals surface area contributed by atoms with Gasteiger partial charge < -0.3 is 20.7 Å². The standard InChI is InChI=1S/C15H13ClN4O3/c1-20-11-5-9(2-3-12(11)23-7-13(20)21)19-15-10(16)4-8(6-18-15)14(17)22/h2-6H,7H2,1H3,(H2,17,22)(H,18,19). The van der Waals surface area contributed by atoms with Crippen LogP contribution >= 0.6 is 11.6 Å². The Morgan fingerprint density at radius 3 is 2.91 bits per heavy atom. The van der Waals surface area contributed by atoms with Gasteiger partial charge in [0.05, 0.1) is 16.3 Å². The lowest BCUT2D eigenvalue weighted by atomic mass is 10.2. The number of carbonyl (C=O) groups is 2. The normalized spacial score (nSPS) is 13.3. The highest BCUT2D eigenvalue weighted by molar-refractivity contribution is 6.33. The summed E-state index contributed by atoms with van der Waals surface area (Å²) in [5.41, 5.74) is 6.73. The van der Waals surface area contributed by atoms with Crippen LogP contribution in [-0.2, 0) is 4.79 Å². The van der Waals surface area contributed by atoms with Crippen molar-refractivity contribution in [3.05, 3.63) is 41.0 Å². The van der Waals surface area contributed by atoms with Crippen molar-refractivity contribution in [2.45, 2.75) is 0 Å². The summed E-state index contributed by atoms with van der Waals surface area (Å²) in [7, 11) is 1.68. The average Bonchev–Trinajstić information content (AvgIpc) is 2.53. The second-order valence-corrected chi connectivity index (χ2v) is 5.37. The van der Waals surface area contributed by atoms with Crippen molar-refractivity contribution in [2.75, 3.05) is 23.9 Å². The van der Waals surface area contributed by atoms with Crippen LogP contribution in [0.2, 0.25) is 5.02 Å². The van der Waals surface area contributed by atoms with Gasteiger partial charge in [0.15, 0.2) is 6.61 Å². The monoisotopic (exact) mass is 332 g/mol. The maximum absolute atomic E-state index is 11.7. The number of primary amides is 1. The van der Waals surface area contributed by atoms with E-state index in [0.717, 1.165) is 0 Å². The van der Waals surface area contributed by atoms with Crippen molar-refractivity contribution >= 4 is 40.6 Å². The van der Waals surface area contributed by atoms with E-state index in [2.05, 4.69) is 10.3 Å². The van der Waals surface area contributed by atoms with Crippen molar-refractivity contribution < 1.29 is 14.3 Å². The molecule has 0 unspecified atom stereocenters.